The number of ether oxygens (including phenoxy) is 2. The van der Waals surface area contributed by atoms with E-state index in [9.17, 15) is 13.2 Å². The van der Waals surface area contributed by atoms with E-state index in [1.165, 1.54) is 16.4 Å². The van der Waals surface area contributed by atoms with Crippen molar-refractivity contribution in [1.82, 2.24) is 9.62 Å². The summed E-state index contributed by atoms with van der Waals surface area (Å²) in [6.45, 7) is 1.11. The molecule has 0 spiro atoms. The van der Waals surface area contributed by atoms with Gasteiger partial charge in [-0.2, -0.15) is 4.31 Å². The number of amides is 1. The SMILES string of the molecule is O=C(NCc1ccc2c(c1)OCO2)[C@H]1CCCN(S(=O)(=O)c2ccc(Cl)cc2)C1. The van der Waals surface area contributed by atoms with E-state index < -0.39 is 10.0 Å². The quantitative estimate of drug-likeness (QED) is 0.779. The molecule has 1 N–H and O–H groups in total. The number of rotatable bonds is 5. The maximum Gasteiger partial charge on any atom is 0.243 e. The smallest absolute Gasteiger partial charge is 0.243 e. The lowest BCUT2D eigenvalue weighted by molar-refractivity contribution is -0.126. The second-order valence-corrected chi connectivity index (χ2v) is 9.44. The number of carbonyl (C=O) groups is 1. The maximum absolute atomic E-state index is 12.9. The summed E-state index contributed by atoms with van der Waals surface area (Å²) in [6.07, 6.45) is 1.29. The van der Waals surface area contributed by atoms with Crippen molar-refractivity contribution >= 4 is 27.5 Å². The van der Waals surface area contributed by atoms with Gasteiger partial charge in [-0.3, -0.25) is 4.79 Å². The van der Waals surface area contributed by atoms with Crippen molar-refractivity contribution in [3.63, 3.8) is 0 Å². The van der Waals surface area contributed by atoms with E-state index in [-0.39, 0.29) is 30.1 Å². The second-order valence-electron chi connectivity index (χ2n) is 7.06. The summed E-state index contributed by atoms with van der Waals surface area (Å²) >= 11 is 5.85. The molecular formula is C20H21ClN2O5S. The van der Waals surface area contributed by atoms with Gasteiger partial charge in [0.25, 0.3) is 0 Å². The van der Waals surface area contributed by atoms with E-state index in [0.29, 0.717) is 42.5 Å². The first kappa shape index (κ1) is 20.0. The molecule has 1 atom stereocenters. The Morgan fingerprint density at radius 1 is 1.14 bits per heavy atom. The molecule has 0 radical (unpaired) electrons. The van der Waals surface area contributed by atoms with Crippen LogP contribution in [-0.4, -0.2) is 38.5 Å². The van der Waals surface area contributed by atoms with Crippen LogP contribution in [0.15, 0.2) is 47.4 Å². The fraction of sp³-hybridized carbons (Fsp3) is 0.350. The normalized spacial score (nSPS) is 19.1. The van der Waals surface area contributed by atoms with E-state index in [0.717, 1.165) is 5.56 Å². The molecule has 2 aliphatic rings. The van der Waals surface area contributed by atoms with Gasteiger partial charge in [0.15, 0.2) is 11.5 Å². The molecule has 2 heterocycles. The van der Waals surface area contributed by atoms with Gasteiger partial charge in [-0.1, -0.05) is 17.7 Å². The van der Waals surface area contributed by atoms with Gasteiger partial charge in [-0.05, 0) is 54.8 Å². The van der Waals surface area contributed by atoms with Crippen LogP contribution in [0.3, 0.4) is 0 Å². The van der Waals surface area contributed by atoms with Crippen LogP contribution in [0.2, 0.25) is 5.02 Å². The van der Waals surface area contributed by atoms with E-state index >= 15 is 0 Å². The van der Waals surface area contributed by atoms with Crippen molar-refractivity contribution < 1.29 is 22.7 Å². The van der Waals surface area contributed by atoms with Crippen molar-refractivity contribution in [2.45, 2.75) is 24.3 Å². The van der Waals surface area contributed by atoms with E-state index in [4.69, 9.17) is 21.1 Å². The first-order valence-corrected chi connectivity index (χ1v) is 11.2. The largest absolute Gasteiger partial charge is 0.454 e. The van der Waals surface area contributed by atoms with E-state index in [1.807, 2.05) is 18.2 Å². The number of halogens is 1. The number of nitrogens with zero attached hydrogens (tertiary/aromatic N) is 1. The number of nitrogens with one attached hydrogen (secondary N) is 1. The lowest BCUT2D eigenvalue weighted by atomic mass is 9.98. The van der Waals surface area contributed by atoms with Crippen LogP contribution < -0.4 is 14.8 Å². The molecule has 1 fully saturated rings. The lowest BCUT2D eigenvalue weighted by Crippen LogP contribution is -2.45. The van der Waals surface area contributed by atoms with Gasteiger partial charge in [0.2, 0.25) is 22.7 Å². The van der Waals surface area contributed by atoms with Crippen molar-refractivity contribution in [1.29, 1.82) is 0 Å². The fourth-order valence-corrected chi connectivity index (χ4v) is 5.16. The third kappa shape index (κ3) is 4.34. The Morgan fingerprint density at radius 3 is 2.69 bits per heavy atom. The minimum atomic E-state index is -3.65. The fourth-order valence-electron chi connectivity index (χ4n) is 3.51. The molecule has 154 valence electrons. The monoisotopic (exact) mass is 436 g/mol. The number of hydrogen-bond donors (Lipinski definition) is 1. The predicted octanol–water partition coefficient (Wildman–Crippen LogP) is 2.79. The number of piperidine rings is 1. The standard InChI is InChI=1S/C20H21ClN2O5S/c21-16-4-6-17(7-5-16)29(25,26)23-9-1-2-15(12-23)20(24)22-11-14-3-8-18-19(10-14)28-13-27-18/h3-8,10,15H,1-2,9,11-13H2,(H,22,24)/t15-/m0/s1. The highest BCUT2D eigenvalue weighted by Crippen LogP contribution is 2.32. The van der Waals surface area contributed by atoms with Crippen molar-refractivity contribution in [3.05, 3.63) is 53.1 Å². The summed E-state index contributed by atoms with van der Waals surface area (Å²) in [5, 5.41) is 3.38. The predicted molar refractivity (Wildman–Crippen MR) is 107 cm³/mol. The number of benzene rings is 2. The summed E-state index contributed by atoms with van der Waals surface area (Å²) in [6, 6.07) is 11.6. The molecule has 29 heavy (non-hydrogen) atoms. The molecule has 1 amide bonds. The molecule has 0 aliphatic carbocycles. The Morgan fingerprint density at radius 2 is 1.90 bits per heavy atom. The van der Waals surface area contributed by atoms with Crippen LogP contribution in [0, 0.1) is 5.92 Å². The maximum atomic E-state index is 12.9. The van der Waals surface area contributed by atoms with E-state index in [1.54, 1.807) is 12.1 Å². The number of carbonyl (C=O) groups excluding carboxylic acids is 1. The zero-order chi connectivity index (χ0) is 20.4. The van der Waals surface area contributed by atoms with Gasteiger partial charge in [-0.25, -0.2) is 8.42 Å². The molecule has 2 aliphatic heterocycles. The van der Waals surface area contributed by atoms with Crippen molar-refractivity contribution in [3.8, 4) is 11.5 Å². The number of sulfonamides is 1. The first-order valence-electron chi connectivity index (χ1n) is 9.35. The Labute approximate surface area is 174 Å². The van der Waals surface area contributed by atoms with Crippen LogP contribution in [-0.2, 0) is 21.4 Å². The highest BCUT2D eigenvalue weighted by atomic mass is 35.5. The Bertz CT molecular complexity index is 1010. The van der Waals surface area contributed by atoms with Crippen LogP contribution in [0.1, 0.15) is 18.4 Å². The topological polar surface area (TPSA) is 84.9 Å². The first-order chi connectivity index (χ1) is 13.9. The third-order valence-electron chi connectivity index (χ3n) is 5.11. The van der Waals surface area contributed by atoms with Crippen LogP contribution in [0.5, 0.6) is 11.5 Å². The molecule has 0 unspecified atom stereocenters. The summed E-state index contributed by atoms with van der Waals surface area (Å²) in [5.41, 5.74) is 0.893. The molecule has 4 rings (SSSR count). The number of fused-ring (bicyclic) bond motifs is 1. The van der Waals surface area contributed by atoms with Gasteiger partial charge < -0.3 is 14.8 Å². The molecule has 2 aromatic carbocycles. The molecule has 7 nitrogen and oxygen atoms in total. The van der Waals surface area contributed by atoms with E-state index in [2.05, 4.69) is 5.32 Å². The van der Waals surface area contributed by atoms with Crippen LogP contribution in [0.25, 0.3) is 0 Å². The average Bonchev–Trinajstić information content (AvgIpc) is 3.20. The molecular weight excluding hydrogens is 416 g/mol. The summed E-state index contributed by atoms with van der Waals surface area (Å²) in [4.78, 5) is 12.8. The summed E-state index contributed by atoms with van der Waals surface area (Å²) in [5.74, 6) is 0.809. The Balaban J connectivity index is 1.38. The molecule has 0 saturated carbocycles. The Hall–Kier alpha value is -2.29. The van der Waals surface area contributed by atoms with Crippen molar-refractivity contribution in [2.24, 2.45) is 5.92 Å². The zero-order valence-corrected chi connectivity index (χ0v) is 17.2. The molecule has 2 aromatic rings. The van der Waals surface area contributed by atoms with Crippen LogP contribution in [0.4, 0.5) is 0 Å². The van der Waals surface area contributed by atoms with Gasteiger partial charge >= 0.3 is 0 Å². The van der Waals surface area contributed by atoms with Gasteiger partial charge in [0.05, 0.1) is 10.8 Å². The summed E-state index contributed by atoms with van der Waals surface area (Å²) in [7, 11) is -3.65. The van der Waals surface area contributed by atoms with Gasteiger partial charge in [0, 0.05) is 24.7 Å². The van der Waals surface area contributed by atoms with Crippen LogP contribution >= 0.6 is 11.6 Å². The lowest BCUT2D eigenvalue weighted by Gasteiger charge is -2.31. The highest BCUT2D eigenvalue weighted by molar-refractivity contribution is 7.89. The third-order valence-corrected chi connectivity index (χ3v) is 7.24. The van der Waals surface area contributed by atoms with Gasteiger partial charge in [-0.15, -0.1) is 0 Å². The number of hydrogen-bond acceptors (Lipinski definition) is 5. The second kappa shape index (κ2) is 8.22. The molecule has 1 saturated heterocycles. The highest BCUT2D eigenvalue weighted by Gasteiger charge is 2.33. The molecule has 9 heteroatoms. The van der Waals surface area contributed by atoms with Crippen molar-refractivity contribution in [2.75, 3.05) is 19.9 Å². The molecule has 0 bridgehead atoms. The minimum Gasteiger partial charge on any atom is -0.454 e. The minimum absolute atomic E-state index is 0.154. The summed E-state index contributed by atoms with van der Waals surface area (Å²) < 4.78 is 37.8. The average molecular weight is 437 g/mol. The molecule has 0 aromatic heterocycles. The van der Waals surface area contributed by atoms with Gasteiger partial charge in [0.1, 0.15) is 0 Å². The zero-order valence-electron chi connectivity index (χ0n) is 15.6. The Kier molecular flexibility index (Phi) is 5.67.